The molecule has 4 N–H and O–H groups in total. The Labute approximate surface area is 142 Å². The van der Waals surface area contributed by atoms with Gasteiger partial charge in [-0.1, -0.05) is 11.6 Å². The number of nitrogens with two attached hydrogens (primary N) is 1. The summed E-state index contributed by atoms with van der Waals surface area (Å²) >= 11 is 6.26. The summed E-state index contributed by atoms with van der Waals surface area (Å²) in [6.07, 6.45) is 1.50. The van der Waals surface area contributed by atoms with Crippen molar-refractivity contribution in [1.29, 1.82) is 0 Å². The van der Waals surface area contributed by atoms with Gasteiger partial charge in [0.15, 0.2) is 0 Å². The fourth-order valence-corrected chi connectivity index (χ4v) is 2.59. The fraction of sp³-hybridized carbons (Fsp3) is 0.0625. The zero-order chi connectivity index (χ0) is 17.3. The Hall–Kier alpha value is -3.06. The van der Waals surface area contributed by atoms with Crippen molar-refractivity contribution < 1.29 is 14.6 Å². The van der Waals surface area contributed by atoms with Crippen LogP contribution in [-0.4, -0.2) is 33.1 Å². The summed E-state index contributed by atoms with van der Waals surface area (Å²) in [6.45, 7) is 0. The Bertz CT molecular complexity index is 923. The number of benzene rings is 1. The summed E-state index contributed by atoms with van der Waals surface area (Å²) in [5, 5.41) is 9.86. The molecule has 0 unspecified atom stereocenters. The Balaban J connectivity index is 2.16. The Morgan fingerprint density at radius 1 is 1.33 bits per heavy atom. The number of carboxylic acid groups (broad SMARTS) is 1. The number of hydrogen-bond acceptors (Lipinski definition) is 5. The topological polar surface area (TPSA) is 114 Å². The lowest BCUT2D eigenvalue weighted by Crippen LogP contribution is -1.97. The van der Waals surface area contributed by atoms with Gasteiger partial charge in [0.1, 0.15) is 5.75 Å². The average Bonchev–Trinajstić information content (AvgIpc) is 3.00. The van der Waals surface area contributed by atoms with Gasteiger partial charge < -0.3 is 20.6 Å². The van der Waals surface area contributed by atoms with E-state index >= 15 is 0 Å². The van der Waals surface area contributed by atoms with Crippen LogP contribution >= 0.6 is 11.6 Å². The van der Waals surface area contributed by atoms with Crippen LogP contribution in [0.3, 0.4) is 0 Å². The molecule has 3 aromatic rings. The third kappa shape index (κ3) is 2.89. The van der Waals surface area contributed by atoms with Crippen molar-refractivity contribution in [2.45, 2.75) is 0 Å². The number of nitrogen functional groups attached to an aromatic ring is 1. The molecular weight excluding hydrogens is 332 g/mol. The number of rotatable bonds is 4. The van der Waals surface area contributed by atoms with Gasteiger partial charge in [-0.3, -0.25) is 0 Å². The molecule has 0 radical (unpaired) electrons. The number of carbonyl (C=O) groups is 1. The molecule has 0 spiro atoms. The first-order valence-electron chi connectivity index (χ1n) is 6.88. The highest BCUT2D eigenvalue weighted by atomic mass is 35.5. The van der Waals surface area contributed by atoms with E-state index in [0.29, 0.717) is 33.4 Å². The van der Waals surface area contributed by atoms with Crippen LogP contribution in [0.1, 0.15) is 10.4 Å². The summed E-state index contributed by atoms with van der Waals surface area (Å²) in [5.74, 6) is -0.402. The summed E-state index contributed by atoms with van der Waals surface area (Å²) in [4.78, 5) is 22.6. The van der Waals surface area contributed by atoms with Crippen LogP contribution in [0, 0.1) is 0 Å². The summed E-state index contributed by atoms with van der Waals surface area (Å²) in [6, 6.07) is 8.13. The molecule has 0 bridgehead atoms. The molecule has 122 valence electrons. The molecule has 0 aliphatic heterocycles. The largest absolute Gasteiger partial charge is 0.497 e. The minimum atomic E-state index is -1.08. The normalized spacial score (nSPS) is 10.6. The van der Waals surface area contributed by atoms with E-state index in [4.69, 9.17) is 22.1 Å². The fourth-order valence-electron chi connectivity index (χ4n) is 2.32. The standard InChI is InChI=1S/C16H13ClN4O3/c1-24-8-2-3-9(11(17)6-8)14-10(15(22)23)7-13(20-14)12-4-5-19-16(18)21-12/h2-7,20H,1H3,(H,22,23)(H2,18,19,21). The van der Waals surface area contributed by atoms with Gasteiger partial charge in [-0.05, 0) is 30.3 Å². The Kier molecular flexibility index (Phi) is 4.09. The number of nitrogens with zero attached hydrogens (tertiary/aromatic N) is 2. The quantitative estimate of drug-likeness (QED) is 0.670. The number of aromatic amines is 1. The maximum Gasteiger partial charge on any atom is 0.337 e. The van der Waals surface area contributed by atoms with Gasteiger partial charge in [0.25, 0.3) is 0 Å². The molecule has 1 aromatic carbocycles. The molecule has 0 fully saturated rings. The number of ether oxygens (including phenoxy) is 1. The zero-order valence-corrected chi connectivity index (χ0v) is 13.3. The van der Waals surface area contributed by atoms with Crippen molar-refractivity contribution in [2.24, 2.45) is 0 Å². The van der Waals surface area contributed by atoms with Crippen molar-refractivity contribution in [3.05, 3.63) is 47.1 Å². The maximum atomic E-state index is 11.6. The lowest BCUT2D eigenvalue weighted by atomic mass is 10.1. The van der Waals surface area contributed by atoms with E-state index in [1.165, 1.54) is 19.4 Å². The number of nitrogens with one attached hydrogen (secondary N) is 1. The number of carboxylic acids is 1. The third-order valence-corrected chi connectivity index (χ3v) is 3.76. The van der Waals surface area contributed by atoms with Crippen LogP contribution in [0.15, 0.2) is 36.5 Å². The van der Waals surface area contributed by atoms with E-state index in [9.17, 15) is 9.90 Å². The Morgan fingerprint density at radius 2 is 2.12 bits per heavy atom. The van der Waals surface area contributed by atoms with Gasteiger partial charge in [-0.15, -0.1) is 0 Å². The van der Waals surface area contributed by atoms with Gasteiger partial charge in [-0.2, -0.15) is 0 Å². The molecule has 0 atom stereocenters. The van der Waals surface area contributed by atoms with Crippen molar-refractivity contribution in [3.63, 3.8) is 0 Å². The molecule has 0 amide bonds. The van der Waals surface area contributed by atoms with Crippen LogP contribution in [0.4, 0.5) is 5.95 Å². The van der Waals surface area contributed by atoms with Gasteiger partial charge >= 0.3 is 5.97 Å². The highest BCUT2D eigenvalue weighted by Gasteiger charge is 2.19. The van der Waals surface area contributed by atoms with E-state index in [1.54, 1.807) is 24.3 Å². The number of H-pyrrole nitrogens is 1. The number of halogens is 1. The maximum absolute atomic E-state index is 11.6. The van der Waals surface area contributed by atoms with E-state index in [1.807, 2.05) is 0 Å². The highest BCUT2D eigenvalue weighted by Crippen LogP contribution is 2.35. The lowest BCUT2D eigenvalue weighted by Gasteiger charge is -2.06. The molecule has 7 nitrogen and oxygen atoms in total. The minimum Gasteiger partial charge on any atom is -0.497 e. The monoisotopic (exact) mass is 344 g/mol. The zero-order valence-electron chi connectivity index (χ0n) is 12.6. The first-order chi connectivity index (χ1) is 11.5. The molecular formula is C16H13ClN4O3. The van der Waals surface area contributed by atoms with E-state index in [0.717, 1.165) is 0 Å². The number of anilines is 1. The van der Waals surface area contributed by atoms with E-state index < -0.39 is 5.97 Å². The molecule has 3 rings (SSSR count). The number of hydrogen-bond donors (Lipinski definition) is 3. The second-order valence-corrected chi connectivity index (χ2v) is 5.33. The van der Waals surface area contributed by atoms with Crippen molar-refractivity contribution in [2.75, 3.05) is 12.8 Å². The number of methoxy groups -OCH3 is 1. The summed E-state index contributed by atoms with van der Waals surface area (Å²) in [7, 11) is 1.53. The van der Waals surface area contributed by atoms with E-state index in [-0.39, 0.29) is 11.5 Å². The predicted molar refractivity (Wildman–Crippen MR) is 90.2 cm³/mol. The van der Waals surface area contributed by atoms with Gasteiger partial charge in [-0.25, -0.2) is 14.8 Å². The third-order valence-electron chi connectivity index (χ3n) is 3.44. The number of aromatic nitrogens is 3. The first kappa shape index (κ1) is 15.8. The van der Waals surface area contributed by atoms with Crippen LogP contribution in [0.5, 0.6) is 5.75 Å². The average molecular weight is 345 g/mol. The molecule has 0 saturated carbocycles. The second-order valence-electron chi connectivity index (χ2n) is 4.92. The van der Waals surface area contributed by atoms with Crippen LogP contribution in [-0.2, 0) is 0 Å². The smallest absolute Gasteiger partial charge is 0.337 e. The van der Waals surface area contributed by atoms with Crippen molar-refractivity contribution in [3.8, 4) is 28.4 Å². The summed E-state index contributed by atoms with van der Waals surface area (Å²) < 4.78 is 5.11. The number of aromatic carboxylic acids is 1. The minimum absolute atomic E-state index is 0.0780. The van der Waals surface area contributed by atoms with Crippen LogP contribution < -0.4 is 10.5 Å². The van der Waals surface area contributed by atoms with Gasteiger partial charge in [0.05, 0.1) is 34.8 Å². The molecule has 2 heterocycles. The summed E-state index contributed by atoms with van der Waals surface area (Å²) in [5.41, 5.74) is 7.57. The molecule has 0 aliphatic rings. The van der Waals surface area contributed by atoms with Crippen molar-refractivity contribution >= 4 is 23.5 Å². The van der Waals surface area contributed by atoms with Gasteiger partial charge in [0, 0.05) is 11.8 Å². The second kappa shape index (κ2) is 6.21. The predicted octanol–water partition coefficient (Wildman–Crippen LogP) is 3.08. The van der Waals surface area contributed by atoms with Crippen LogP contribution in [0.25, 0.3) is 22.6 Å². The van der Waals surface area contributed by atoms with E-state index in [2.05, 4.69) is 15.0 Å². The molecule has 0 aliphatic carbocycles. The van der Waals surface area contributed by atoms with Crippen LogP contribution in [0.2, 0.25) is 5.02 Å². The highest BCUT2D eigenvalue weighted by molar-refractivity contribution is 6.33. The lowest BCUT2D eigenvalue weighted by molar-refractivity contribution is 0.0698. The van der Waals surface area contributed by atoms with Gasteiger partial charge in [0.2, 0.25) is 5.95 Å². The van der Waals surface area contributed by atoms with Crippen molar-refractivity contribution in [1.82, 2.24) is 15.0 Å². The SMILES string of the molecule is COc1ccc(-c2[nH]c(-c3ccnc(N)n3)cc2C(=O)O)c(Cl)c1. The molecule has 8 heteroatoms. The Morgan fingerprint density at radius 3 is 2.75 bits per heavy atom. The molecule has 2 aromatic heterocycles. The molecule has 24 heavy (non-hydrogen) atoms. The first-order valence-corrected chi connectivity index (χ1v) is 7.26. The molecule has 0 saturated heterocycles.